The molecular formula is C16H24N4O. The molecule has 0 saturated carbocycles. The topological polar surface area (TPSA) is 71.2 Å². The average molecular weight is 288 g/mol. The highest BCUT2D eigenvalue weighted by Crippen LogP contribution is 2.29. The zero-order valence-electron chi connectivity index (χ0n) is 12.7. The largest absolute Gasteiger partial charge is 0.365 e. The number of carbonyl (C=O) groups excluding carboxylic acids is 1. The van der Waals surface area contributed by atoms with Gasteiger partial charge in [0.25, 0.3) is 5.91 Å². The molecule has 1 aromatic heterocycles. The van der Waals surface area contributed by atoms with Crippen molar-refractivity contribution in [2.45, 2.75) is 32.1 Å². The molecule has 1 aromatic rings. The van der Waals surface area contributed by atoms with E-state index in [1.807, 2.05) is 13.1 Å². The molecular weight excluding hydrogens is 264 g/mol. The molecule has 114 valence electrons. The minimum Gasteiger partial charge on any atom is -0.365 e. The summed E-state index contributed by atoms with van der Waals surface area (Å²) in [5.41, 5.74) is 8.54. The Labute approximate surface area is 125 Å². The van der Waals surface area contributed by atoms with Crippen molar-refractivity contribution >= 4 is 11.7 Å². The molecule has 5 heteroatoms. The number of hydrogen-bond acceptors (Lipinski definition) is 4. The molecule has 0 aromatic carbocycles. The molecule has 2 heterocycles. The van der Waals surface area contributed by atoms with Crippen LogP contribution >= 0.6 is 0 Å². The SMILES string of the molecule is CNCC1CCN(c2nc3c(cc2C(N)=O)CCC3)CC1. The first-order chi connectivity index (χ1) is 10.2. The first kappa shape index (κ1) is 14.3. The standard InChI is InChI=1S/C16H24N4O/c1-18-10-11-5-7-20(8-6-11)16-13(15(17)21)9-12-3-2-4-14(12)19-16/h9,11,18H,2-8,10H2,1H3,(H2,17,21). The van der Waals surface area contributed by atoms with Crippen LogP contribution in [0.25, 0.3) is 0 Å². The maximum Gasteiger partial charge on any atom is 0.252 e. The molecule has 0 unspecified atom stereocenters. The Morgan fingerprint density at radius 1 is 1.43 bits per heavy atom. The molecule has 1 fully saturated rings. The van der Waals surface area contributed by atoms with Gasteiger partial charge in [-0.15, -0.1) is 0 Å². The van der Waals surface area contributed by atoms with Crippen LogP contribution in [0.1, 0.15) is 40.9 Å². The van der Waals surface area contributed by atoms with E-state index in [2.05, 4.69) is 10.2 Å². The molecule has 1 saturated heterocycles. The fraction of sp³-hybridized carbons (Fsp3) is 0.625. The van der Waals surface area contributed by atoms with Crippen molar-refractivity contribution in [3.8, 4) is 0 Å². The van der Waals surface area contributed by atoms with Crippen LogP contribution in [-0.2, 0) is 12.8 Å². The number of fused-ring (bicyclic) bond motifs is 1. The lowest BCUT2D eigenvalue weighted by Gasteiger charge is -2.33. The highest BCUT2D eigenvalue weighted by Gasteiger charge is 2.25. The molecule has 0 atom stereocenters. The number of carbonyl (C=O) groups is 1. The van der Waals surface area contributed by atoms with E-state index >= 15 is 0 Å². The number of primary amides is 1. The van der Waals surface area contributed by atoms with Gasteiger partial charge in [-0.1, -0.05) is 0 Å². The molecule has 1 aliphatic carbocycles. The monoisotopic (exact) mass is 288 g/mol. The van der Waals surface area contributed by atoms with Gasteiger partial charge >= 0.3 is 0 Å². The highest BCUT2D eigenvalue weighted by molar-refractivity contribution is 5.98. The van der Waals surface area contributed by atoms with Crippen LogP contribution in [0.3, 0.4) is 0 Å². The van der Waals surface area contributed by atoms with E-state index in [0.717, 1.165) is 69.2 Å². The summed E-state index contributed by atoms with van der Waals surface area (Å²) in [4.78, 5) is 18.8. The minimum atomic E-state index is -0.357. The van der Waals surface area contributed by atoms with Crippen molar-refractivity contribution in [1.82, 2.24) is 10.3 Å². The molecule has 3 N–H and O–H groups in total. The Morgan fingerprint density at radius 2 is 2.19 bits per heavy atom. The van der Waals surface area contributed by atoms with E-state index < -0.39 is 0 Å². The summed E-state index contributed by atoms with van der Waals surface area (Å²) in [5.74, 6) is 1.17. The molecule has 21 heavy (non-hydrogen) atoms. The number of pyridine rings is 1. The Kier molecular flexibility index (Phi) is 4.10. The summed E-state index contributed by atoms with van der Waals surface area (Å²) in [6, 6.07) is 1.98. The van der Waals surface area contributed by atoms with Crippen molar-refractivity contribution in [3.05, 3.63) is 22.9 Å². The Morgan fingerprint density at radius 3 is 2.86 bits per heavy atom. The molecule has 5 nitrogen and oxygen atoms in total. The van der Waals surface area contributed by atoms with Gasteiger partial charge in [-0.3, -0.25) is 4.79 Å². The van der Waals surface area contributed by atoms with Gasteiger partial charge < -0.3 is 16.0 Å². The van der Waals surface area contributed by atoms with Crippen LogP contribution in [0.4, 0.5) is 5.82 Å². The molecule has 0 radical (unpaired) electrons. The van der Waals surface area contributed by atoms with Gasteiger partial charge in [-0.25, -0.2) is 4.98 Å². The van der Waals surface area contributed by atoms with E-state index in [1.54, 1.807) is 0 Å². The second kappa shape index (κ2) is 6.02. The minimum absolute atomic E-state index is 0.357. The molecule has 1 amide bonds. The number of aryl methyl sites for hydroxylation is 2. The van der Waals surface area contributed by atoms with Crippen LogP contribution in [0.2, 0.25) is 0 Å². The van der Waals surface area contributed by atoms with E-state index in [0.29, 0.717) is 5.56 Å². The van der Waals surface area contributed by atoms with Gasteiger partial charge in [0.15, 0.2) is 0 Å². The van der Waals surface area contributed by atoms with Gasteiger partial charge in [-0.05, 0) is 63.2 Å². The van der Waals surface area contributed by atoms with Crippen molar-refractivity contribution in [2.75, 3.05) is 31.6 Å². The molecule has 0 bridgehead atoms. The number of nitrogens with two attached hydrogens (primary N) is 1. The summed E-state index contributed by atoms with van der Waals surface area (Å²) in [6.45, 7) is 2.98. The van der Waals surface area contributed by atoms with Crippen LogP contribution in [0.5, 0.6) is 0 Å². The van der Waals surface area contributed by atoms with Gasteiger partial charge in [0.05, 0.1) is 5.56 Å². The second-order valence-corrected chi connectivity index (χ2v) is 6.17. The van der Waals surface area contributed by atoms with Gasteiger partial charge in [0.2, 0.25) is 0 Å². The highest BCUT2D eigenvalue weighted by atomic mass is 16.1. The molecule has 3 rings (SSSR count). The zero-order valence-corrected chi connectivity index (χ0v) is 12.7. The molecule has 0 spiro atoms. The molecule has 2 aliphatic rings. The number of aromatic nitrogens is 1. The lowest BCUT2D eigenvalue weighted by molar-refractivity contribution is 0.1000. The van der Waals surface area contributed by atoms with E-state index in [4.69, 9.17) is 10.7 Å². The maximum absolute atomic E-state index is 11.8. The Bertz CT molecular complexity index is 535. The number of hydrogen-bond donors (Lipinski definition) is 2. The number of nitrogens with zero attached hydrogens (tertiary/aromatic N) is 2. The van der Waals surface area contributed by atoms with Crippen molar-refractivity contribution < 1.29 is 4.79 Å². The van der Waals surface area contributed by atoms with Crippen LogP contribution in [0.15, 0.2) is 6.07 Å². The summed E-state index contributed by atoms with van der Waals surface area (Å²) in [5, 5.41) is 3.25. The maximum atomic E-state index is 11.8. The van der Waals surface area contributed by atoms with Gasteiger partial charge in [0, 0.05) is 18.8 Å². The summed E-state index contributed by atoms with van der Waals surface area (Å²) >= 11 is 0. The van der Waals surface area contributed by atoms with Gasteiger partial charge in [-0.2, -0.15) is 0 Å². The van der Waals surface area contributed by atoms with Gasteiger partial charge in [0.1, 0.15) is 5.82 Å². The van der Waals surface area contributed by atoms with Crippen molar-refractivity contribution in [2.24, 2.45) is 11.7 Å². The second-order valence-electron chi connectivity index (χ2n) is 6.17. The van der Waals surface area contributed by atoms with Crippen LogP contribution < -0.4 is 16.0 Å². The number of piperidine rings is 1. The van der Waals surface area contributed by atoms with Crippen LogP contribution in [-0.4, -0.2) is 37.6 Å². The van der Waals surface area contributed by atoms with E-state index in [-0.39, 0.29) is 5.91 Å². The quantitative estimate of drug-likeness (QED) is 0.870. The first-order valence-corrected chi connectivity index (χ1v) is 7.91. The molecule has 1 aliphatic heterocycles. The third kappa shape index (κ3) is 2.88. The summed E-state index contributed by atoms with van der Waals surface area (Å²) in [6.07, 6.45) is 5.45. The predicted molar refractivity (Wildman–Crippen MR) is 83.6 cm³/mol. The summed E-state index contributed by atoms with van der Waals surface area (Å²) < 4.78 is 0. The lowest BCUT2D eigenvalue weighted by atomic mass is 9.96. The normalized spacial score (nSPS) is 18.8. The third-order valence-electron chi connectivity index (χ3n) is 4.70. The van der Waals surface area contributed by atoms with E-state index in [9.17, 15) is 4.79 Å². The third-order valence-corrected chi connectivity index (χ3v) is 4.70. The summed E-state index contributed by atoms with van der Waals surface area (Å²) in [7, 11) is 2.00. The number of amides is 1. The number of rotatable bonds is 4. The smallest absolute Gasteiger partial charge is 0.252 e. The number of nitrogens with one attached hydrogen (secondary N) is 1. The fourth-order valence-corrected chi connectivity index (χ4v) is 3.52. The zero-order chi connectivity index (χ0) is 14.8. The average Bonchev–Trinajstić information content (AvgIpc) is 2.94. The van der Waals surface area contributed by atoms with Crippen molar-refractivity contribution in [1.29, 1.82) is 0 Å². The van der Waals surface area contributed by atoms with Crippen LogP contribution in [0, 0.1) is 5.92 Å². The Balaban J connectivity index is 1.83. The Hall–Kier alpha value is -1.62. The lowest BCUT2D eigenvalue weighted by Crippen LogP contribution is -2.38. The van der Waals surface area contributed by atoms with Crippen molar-refractivity contribution in [3.63, 3.8) is 0 Å². The van der Waals surface area contributed by atoms with E-state index in [1.165, 1.54) is 5.56 Å². The predicted octanol–water partition coefficient (Wildman–Crippen LogP) is 1.10. The first-order valence-electron chi connectivity index (χ1n) is 7.91. The number of anilines is 1. The fourth-order valence-electron chi connectivity index (χ4n) is 3.52.